The zero-order chi connectivity index (χ0) is 67.5. The Kier molecular flexibility index (Phi) is 63.2. The average Bonchev–Trinajstić information content (AvgIpc) is 2.73. The Morgan fingerprint density at radius 1 is 0.326 bits per heavy atom. The van der Waals surface area contributed by atoms with Crippen LogP contribution in [0, 0.1) is 0 Å². The largest absolute Gasteiger partial charge is 0.472 e. The van der Waals surface area contributed by atoms with E-state index in [-0.39, 0.29) is 25.7 Å². The molecule has 0 aromatic heterocycles. The first-order valence-corrected chi connectivity index (χ1v) is 38.8. The predicted octanol–water partition coefficient (Wildman–Crippen LogP) is 19.9. The number of aliphatic hydroxyl groups is 1. The van der Waals surface area contributed by atoms with Crippen molar-refractivity contribution in [2.24, 2.45) is 0 Å². The molecule has 0 aliphatic heterocycles. The van der Waals surface area contributed by atoms with E-state index >= 15 is 0 Å². The van der Waals surface area contributed by atoms with Gasteiger partial charge < -0.3 is 33.8 Å². The van der Waals surface area contributed by atoms with Gasteiger partial charge in [0.25, 0.3) is 0 Å². The highest BCUT2D eigenvalue weighted by Gasteiger charge is 2.30. The number of phosphoric ester groups is 2. The first kappa shape index (κ1) is 88.2. The summed E-state index contributed by atoms with van der Waals surface area (Å²) in [7, 11) is -9.96. The summed E-state index contributed by atoms with van der Waals surface area (Å²) >= 11 is 0. The number of rotatable bonds is 67. The lowest BCUT2D eigenvalue weighted by Gasteiger charge is -2.21. The van der Waals surface area contributed by atoms with E-state index in [1.165, 1.54) is 96.3 Å². The number of allylic oxidation sites excluding steroid dienone is 13. The number of hydrogen-bond donors (Lipinski definition) is 3. The van der Waals surface area contributed by atoms with E-state index in [4.69, 9.17) is 37.0 Å². The number of esters is 4. The molecule has 0 aliphatic carbocycles. The Bertz CT molecular complexity index is 2090. The van der Waals surface area contributed by atoms with Gasteiger partial charge in [-0.25, -0.2) is 9.13 Å². The molecule has 0 aromatic carbocycles. The standard InChI is InChI=1S/C73H128O17P2/c1-5-9-13-17-21-25-29-32-33-36-39-42-46-50-54-58-71(76)84-64-69(90-73(78)60-56-52-48-44-40-35-31-27-23-19-15-11-7-3)66-88-92(81,82)86-62-67(74)61-85-91(79,80)87-65-68(89-72(77)59-55-51-47-43-37-28-24-20-16-12-8-4)63-83-70(75)57-53-49-45-41-38-34-30-26-22-18-14-10-6-2/h9,13,20-21,24-25,27,31-33,39,42,50,54,67-69,74H,5-8,10-12,14-19,22-23,26,28-30,34-38,40-41,43-49,51-53,55-66H2,1-4H3,(H,79,80)(H,81,82)/b13-9-,24-20-,25-21-,31-27-,33-32-,42-39-,54-50-. The minimum atomic E-state index is -4.99. The normalized spacial score (nSPS) is 14.6. The predicted molar refractivity (Wildman–Crippen MR) is 372 cm³/mol. The van der Waals surface area contributed by atoms with Crippen LogP contribution in [0.3, 0.4) is 0 Å². The van der Waals surface area contributed by atoms with Crippen LogP contribution < -0.4 is 0 Å². The Hall–Kier alpha value is -3.76. The lowest BCUT2D eigenvalue weighted by Crippen LogP contribution is -2.30. The van der Waals surface area contributed by atoms with Gasteiger partial charge in [0.1, 0.15) is 19.3 Å². The summed E-state index contributed by atoms with van der Waals surface area (Å²) in [4.78, 5) is 72.5. The SMILES string of the molecule is CC/C=C\C/C=C\C/C=C\C/C=C\C/C=C\CC(=O)OCC(COP(=O)(O)OCC(O)COP(=O)(O)OCC(COC(=O)CCCCCCCCCCCCCCC)OC(=O)CCCCCCC/C=C\CCCC)OC(=O)CCCCCCC/C=C\CCCCCC. The summed E-state index contributed by atoms with van der Waals surface area (Å²) in [5, 5.41) is 10.6. The van der Waals surface area contributed by atoms with Gasteiger partial charge in [0.05, 0.1) is 32.8 Å². The summed E-state index contributed by atoms with van der Waals surface area (Å²) < 4.78 is 68.1. The molecule has 0 aromatic rings. The number of ether oxygens (including phenoxy) is 4. The van der Waals surface area contributed by atoms with Crippen LogP contribution in [0.4, 0.5) is 0 Å². The maximum Gasteiger partial charge on any atom is 0.472 e. The first-order chi connectivity index (χ1) is 44.7. The van der Waals surface area contributed by atoms with Crippen molar-refractivity contribution in [3.63, 3.8) is 0 Å². The molecule has 0 spiro atoms. The van der Waals surface area contributed by atoms with Crippen LogP contribution in [0.25, 0.3) is 0 Å². The van der Waals surface area contributed by atoms with Crippen molar-refractivity contribution in [3.8, 4) is 0 Å². The number of carbonyl (C=O) groups is 4. The van der Waals surface area contributed by atoms with E-state index in [0.29, 0.717) is 25.7 Å². The zero-order valence-corrected chi connectivity index (χ0v) is 59.5. The molecule has 0 fully saturated rings. The molecule has 0 amide bonds. The molecule has 0 radical (unpaired) electrons. The van der Waals surface area contributed by atoms with E-state index < -0.39 is 97.5 Å². The summed E-state index contributed by atoms with van der Waals surface area (Å²) in [6.45, 7) is 4.57. The van der Waals surface area contributed by atoms with Crippen LogP contribution >= 0.6 is 15.6 Å². The topological polar surface area (TPSA) is 237 Å². The van der Waals surface area contributed by atoms with Crippen LogP contribution in [-0.4, -0.2) is 96.7 Å². The fourth-order valence-electron chi connectivity index (χ4n) is 9.39. The Balaban J connectivity index is 5.38. The van der Waals surface area contributed by atoms with Gasteiger partial charge in [-0.15, -0.1) is 0 Å². The number of aliphatic hydroxyl groups excluding tert-OH is 1. The molecule has 0 saturated carbocycles. The smallest absolute Gasteiger partial charge is 0.462 e. The number of phosphoric acid groups is 2. The van der Waals surface area contributed by atoms with Crippen molar-refractivity contribution in [3.05, 3.63) is 85.1 Å². The van der Waals surface area contributed by atoms with E-state index in [0.717, 1.165) is 122 Å². The lowest BCUT2D eigenvalue weighted by atomic mass is 10.0. The fourth-order valence-corrected chi connectivity index (χ4v) is 11.0. The van der Waals surface area contributed by atoms with Crippen LogP contribution in [0.1, 0.15) is 297 Å². The zero-order valence-electron chi connectivity index (χ0n) is 57.7. The molecule has 3 N–H and O–H groups in total. The van der Waals surface area contributed by atoms with Gasteiger partial charge in [0, 0.05) is 19.3 Å². The number of unbranched alkanes of at least 4 members (excludes halogenated alkanes) is 28. The Morgan fingerprint density at radius 2 is 0.620 bits per heavy atom. The molecule has 0 saturated heterocycles. The molecule has 17 nitrogen and oxygen atoms in total. The molecule has 5 unspecified atom stereocenters. The highest BCUT2D eigenvalue weighted by molar-refractivity contribution is 7.47. The summed E-state index contributed by atoms with van der Waals surface area (Å²) in [6.07, 6.45) is 64.8. The summed E-state index contributed by atoms with van der Waals surface area (Å²) in [6, 6.07) is 0. The van der Waals surface area contributed by atoms with E-state index in [9.17, 15) is 43.2 Å². The minimum absolute atomic E-state index is 0.0664. The molecule has 19 heteroatoms. The van der Waals surface area contributed by atoms with Crippen molar-refractivity contribution in [1.29, 1.82) is 0 Å². The molecule has 0 bridgehead atoms. The van der Waals surface area contributed by atoms with Crippen LogP contribution in [0.5, 0.6) is 0 Å². The maximum absolute atomic E-state index is 13.0. The van der Waals surface area contributed by atoms with Crippen LogP contribution in [-0.2, 0) is 65.4 Å². The lowest BCUT2D eigenvalue weighted by molar-refractivity contribution is -0.161. The van der Waals surface area contributed by atoms with Gasteiger partial charge in [-0.05, 0) is 96.3 Å². The van der Waals surface area contributed by atoms with E-state index in [2.05, 4.69) is 88.5 Å². The van der Waals surface area contributed by atoms with Gasteiger partial charge in [-0.1, -0.05) is 260 Å². The fraction of sp³-hybridized carbons (Fsp3) is 0.753. The van der Waals surface area contributed by atoms with Crippen molar-refractivity contribution >= 4 is 39.5 Å². The van der Waals surface area contributed by atoms with Gasteiger partial charge in [-0.3, -0.25) is 37.3 Å². The Morgan fingerprint density at radius 3 is 1.00 bits per heavy atom. The second kappa shape index (κ2) is 65.9. The quantitative estimate of drug-likeness (QED) is 0.0169. The molecule has 5 atom stereocenters. The molecule has 0 rings (SSSR count). The monoisotopic (exact) mass is 1340 g/mol. The van der Waals surface area contributed by atoms with Crippen molar-refractivity contribution < 1.29 is 80.2 Å². The van der Waals surface area contributed by atoms with Crippen molar-refractivity contribution in [1.82, 2.24) is 0 Å². The second-order valence-electron chi connectivity index (χ2n) is 23.8. The van der Waals surface area contributed by atoms with E-state index in [1.807, 2.05) is 18.2 Å². The number of carbonyl (C=O) groups excluding carboxylic acids is 4. The van der Waals surface area contributed by atoms with Gasteiger partial charge in [0.15, 0.2) is 12.2 Å². The minimum Gasteiger partial charge on any atom is -0.462 e. The van der Waals surface area contributed by atoms with Gasteiger partial charge >= 0.3 is 39.5 Å². The maximum atomic E-state index is 13.0. The summed E-state index contributed by atoms with van der Waals surface area (Å²) in [5.41, 5.74) is 0. The first-order valence-electron chi connectivity index (χ1n) is 35.8. The van der Waals surface area contributed by atoms with E-state index in [1.54, 1.807) is 6.08 Å². The van der Waals surface area contributed by atoms with Crippen molar-refractivity contribution in [2.45, 2.75) is 316 Å². The third-order valence-electron chi connectivity index (χ3n) is 14.9. The molecule has 532 valence electrons. The molecular weight excluding hydrogens is 1210 g/mol. The molecule has 92 heavy (non-hydrogen) atoms. The van der Waals surface area contributed by atoms with Crippen molar-refractivity contribution in [2.75, 3.05) is 39.6 Å². The Labute approximate surface area is 557 Å². The molecule has 0 heterocycles. The summed E-state index contributed by atoms with van der Waals surface area (Å²) in [5.74, 6) is -2.33. The van der Waals surface area contributed by atoms with Gasteiger partial charge in [0.2, 0.25) is 0 Å². The molecule has 0 aliphatic rings. The average molecular weight is 1340 g/mol. The van der Waals surface area contributed by atoms with Crippen LogP contribution in [0.15, 0.2) is 85.1 Å². The second-order valence-corrected chi connectivity index (χ2v) is 26.7. The molecular formula is C73H128O17P2. The van der Waals surface area contributed by atoms with Gasteiger partial charge in [-0.2, -0.15) is 0 Å². The number of hydrogen-bond acceptors (Lipinski definition) is 15. The third kappa shape index (κ3) is 64.9. The highest BCUT2D eigenvalue weighted by Crippen LogP contribution is 2.45. The third-order valence-corrected chi connectivity index (χ3v) is 16.8. The van der Waals surface area contributed by atoms with Crippen LogP contribution in [0.2, 0.25) is 0 Å². The highest BCUT2D eigenvalue weighted by atomic mass is 31.2.